The van der Waals surface area contributed by atoms with Crippen molar-refractivity contribution in [3.63, 3.8) is 0 Å². The van der Waals surface area contributed by atoms with Crippen LogP contribution in [0.4, 0.5) is 0 Å². The minimum atomic E-state index is -2.54. The maximum Gasteiger partial charge on any atom is 0.261 e. The Kier molecular flexibility index (Phi) is 5.92. The molecular formula is C20H23NOSi. The van der Waals surface area contributed by atoms with Crippen molar-refractivity contribution in [2.75, 3.05) is 0 Å². The molecule has 118 valence electrons. The highest BCUT2D eigenvalue weighted by Gasteiger charge is 2.41. The van der Waals surface area contributed by atoms with Crippen LogP contribution in [0.1, 0.15) is 13.8 Å². The average Bonchev–Trinajstić information content (AvgIpc) is 2.60. The molecule has 0 spiro atoms. The van der Waals surface area contributed by atoms with Gasteiger partial charge in [-0.25, -0.2) is 0 Å². The molecule has 0 saturated carbocycles. The van der Waals surface area contributed by atoms with Gasteiger partial charge in [0.2, 0.25) is 0 Å². The highest BCUT2D eigenvalue weighted by molar-refractivity contribution is 6.97. The second-order valence-electron chi connectivity index (χ2n) is 5.96. The summed E-state index contributed by atoms with van der Waals surface area (Å²) in [7, 11) is -2.54. The summed E-state index contributed by atoms with van der Waals surface area (Å²) in [6.07, 6.45) is 1.49. The maximum atomic E-state index is 9.54. The van der Waals surface area contributed by atoms with Gasteiger partial charge in [-0.3, -0.25) is 0 Å². The number of nitrogens with zero attached hydrogens (tertiary/aromatic N) is 1. The van der Waals surface area contributed by atoms with Crippen LogP contribution >= 0.6 is 0 Å². The summed E-state index contributed by atoms with van der Waals surface area (Å²) in [5.74, 6) is 0.143. The molecule has 1 unspecified atom stereocenters. The van der Waals surface area contributed by atoms with Crippen molar-refractivity contribution in [2.45, 2.75) is 26.0 Å². The zero-order valence-corrected chi connectivity index (χ0v) is 14.8. The smallest absolute Gasteiger partial charge is 0.261 e. The molecule has 0 bridgehead atoms. The van der Waals surface area contributed by atoms with E-state index in [1.807, 2.05) is 56.3 Å². The van der Waals surface area contributed by atoms with E-state index < -0.39 is 14.4 Å². The molecule has 2 aromatic carbocycles. The van der Waals surface area contributed by atoms with Gasteiger partial charge >= 0.3 is 0 Å². The fraction of sp³-hybridized carbons (Fsp3) is 0.250. The van der Waals surface area contributed by atoms with Crippen LogP contribution < -0.4 is 10.4 Å². The molecule has 0 fully saturated rings. The van der Waals surface area contributed by atoms with Crippen LogP contribution in [0, 0.1) is 17.2 Å². The van der Waals surface area contributed by atoms with Crippen molar-refractivity contribution in [2.24, 2.45) is 5.92 Å². The summed E-state index contributed by atoms with van der Waals surface area (Å²) in [6, 6.07) is 23.6. The second kappa shape index (κ2) is 7.91. The molecule has 0 amide bonds. The Morgan fingerprint density at radius 3 is 1.87 bits per heavy atom. The summed E-state index contributed by atoms with van der Waals surface area (Å²) in [4.78, 5) is 0. The molecule has 0 radical (unpaired) electrons. The van der Waals surface area contributed by atoms with Crippen LogP contribution in [0.25, 0.3) is 0 Å². The van der Waals surface area contributed by atoms with Crippen LogP contribution in [-0.2, 0) is 4.43 Å². The Hall–Kier alpha value is -2.15. The second-order valence-corrected chi connectivity index (χ2v) is 9.42. The average molecular weight is 321 g/mol. The van der Waals surface area contributed by atoms with Crippen molar-refractivity contribution < 1.29 is 4.43 Å². The van der Waals surface area contributed by atoms with Gasteiger partial charge < -0.3 is 4.43 Å². The van der Waals surface area contributed by atoms with E-state index in [1.165, 1.54) is 10.4 Å². The van der Waals surface area contributed by atoms with Crippen LogP contribution in [-0.4, -0.2) is 14.4 Å². The molecule has 0 N–H and O–H groups in total. The Morgan fingerprint density at radius 1 is 1.04 bits per heavy atom. The topological polar surface area (TPSA) is 33.0 Å². The molecule has 0 aliphatic heterocycles. The Labute approximate surface area is 140 Å². The summed E-state index contributed by atoms with van der Waals surface area (Å²) in [5, 5.41) is 11.9. The van der Waals surface area contributed by atoms with Crippen LogP contribution in [0.15, 0.2) is 73.3 Å². The molecule has 0 aliphatic rings. The number of rotatable bonds is 7. The van der Waals surface area contributed by atoms with Crippen molar-refractivity contribution in [1.29, 1.82) is 5.26 Å². The standard InChI is InChI=1S/C20H23NOSi/c1-4-15-23(18-11-7-5-8-12-18,19-13-9-6-10-14-19)22-20(16-21)17(2)3/h4-14,17,20H,1,15H2,2-3H3. The van der Waals surface area contributed by atoms with E-state index in [4.69, 9.17) is 4.43 Å². The monoisotopic (exact) mass is 321 g/mol. The third-order valence-corrected chi connectivity index (χ3v) is 8.02. The summed E-state index contributed by atoms with van der Waals surface area (Å²) >= 11 is 0. The first-order valence-electron chi connectivity index (χ1n) is 7.93. The molecule has 2 aromatic rings. The van der Waals surface area contributed by atoms with Gasteiger partial charge in [0, 0.05) is 0 Å². The Morgan fingerprint density at radius 2 is 1.52 bits per heavy atom. The van der Waals surface area contributed by atoms with Gasteiger partial charge in [-0.05, 0) is 22.3 Å². The van der Waals surface area contributed by atoms with E-state index in [2.05, 4.69) is 36.9 Å². The van der Waals surface area contributed by atoms with Crippen molar-refractivity contribution in [3.05, 3.63) is 73.3 Å². The molecule has 1 atom stereocenters. The largest absolute Gasteiger partial charge is 0.392 e. The van der Waals surface area contributed by atoms with Gasteiger partial charge in [-0.15, -0.1) is 6.58 Å². The number of hydrogen-bond acceptors (Lipinski definition) is 2. The molecular weight excluding hydrogens is 298 g/mol. The number of nitriles is 1. The number of benzene rings is 2. The molecule has 2 nitrogen and oxygen atoms in total. The molecule has 0 aliphatic carbocycles. The van der Waals surface area contributed by atoms with E-state index >= 15 is 0 Å². The zero-order chi connectivity index (χ0) is 16.7. The maximum absolute atomic E-state index is 9.54. The predicted molar refractivity (Wildman–Crippen MR) is 98.2 cm³/mol. The highest BCUT2D eigenvalue weighted by Crippen LogP contribution is 2.19. The molecule has 3 heteroatoms. The van der Waals surface area contributed by atoms with E-state index in [-0.39, 0.29) is 5.92 Å². The Balaban J connectivity index is 2.61. The lowest BCUT2D eigenvalue weighted by atomic mass is 10.1. The van der Waals surface area contributed by atoms with E-state index in [0.29, 0.717) is 0 Å². The van der Waals surface area contributed by atoms with Gasteiger partial charge in [0.25, 0.3) is 8.32 Å². The van der Waals surface area contributed by atoms with E-state index in [1.54, 1.807) is 0 Å². The van der Waals surface area contributed by atoms with Crippen molar-refractivity contribution in [3.8, 4) is 6.07 Å². The van der Waals surface area contributed by atoms with E-state index in [0.717, 1.165) is 6.04 Å². The molecule has 0 saturated heterocycles. The van der Waals surface area contributed by atoms with Gasteiger partial charge in [-0.2, -0.15) is 5.26 Å². The van der Waals surface area contributed by atoms with Gasteiger partial charge in [0.1, 0.15) is 6.10 Å². The third-order valence-electron chi connectivity index (χ3n) is 3.97. The fourth-order valence-corrected chi connectivity index (χ4v) is 6.53. The third kappa shape index (κ3) is 3.79. The van der Waals surface area contributed by atoms with E-state index in [9.17, 15) is 5.26 Å². The molecule has 23 heavy (non-hydrogen) atoms. The predicted octanol–water partition coefficient (Wildman–Crippen LogP) is 3.50. The first kappa shape index (κ1) is 17.2. The highest BCUT2D eigenvalue weighted by atomic mass is 28.4. The molecule has 2 rings (SSSR count). The van der Waals surface area contributed by atoms with Gasteiger partial charge in [0.15, 0.2) is 0 Å². The summed E-state index contributed by atoms with van der Waals surface area (Å²) in [5.41, 5.74) is 0. The summed E-state index contributed by atoms with van der Waals surface area (Å²) < 4.78 is 6.57. The van der Waals surface area contributed by atoms with Gasteiger partial charge in [0.05, 0.1) is 6.07 Å². The van der Waals surface area contributed by atoms with Crippen molar-refractivity contribution in [1.82, 2.24) is 0 Å². The lowest BCUT2D eigenvalue weighted by Crippen LogP contribution is -2.62. The normalized spacial score (nSPS) is 12.6. The zero-order valence-electron chi connectivity index (χ0n) is 13.8. The quantitative estimate of drug-likeness (QED) is 0.577. The Bertz CT molecular complexity index is 622. The molecule has 0 heterocycles. The lowest BCUT2D eigenvalue weighted by molar-refractivity contribution is 0.201. The minimum Gasteiger partial charge on any atom is -0.392 e. The molecule has 0 aromatic heterocycles. The first-order chi connectivity index (χ1) is 11.1. The minimum absolute atomic E-state index is 0.143. The fourth-order valence-electron chi connectivity index (χ4n) is 2.73. The number of allylic oxidation sites excluding steroid dienone is 1. The van der Waals surface area contributed by atoms with Crippen LogP contribution in [0.5, 0.6) is 0 Å². The summed E-state index contributed by atoms with van der Waals surface area (Å²) in [6.45, 7) is 8.00. The number of hydrogen-bond donors (Lipinski definition) is 0. The van der Waals surface area contributed by atoms with Crippen LogP contribution in [0.2, 0.25) is 6.04 Å². The van der Waals surface area contributed by atoms with Gasteiger partial charge in [-0.1, -0.05) is 80.6 Å². The first-order valence-corrected chi connectivity index (χ1v) is 10.0. The van der Waals surface area contributed by atoms with Crippen LogP contribution in [0.3, 0.4) is 0 Å². The lowest BCUT2D eigenvalue weighted by Gasteiger charge is -2.34. The van der Waals surface area contributed by atoms with Crippen molar-refractivity contribution >= 4 is 18.7 Å². The SMILES string of the molecule is C=CC[Si](OC(C#N)C(C)C)(c1ccccc1)c1ccccc1.